The molecule has 4 heteroatoms. The third-order valence-electron chi connectivity index (χ3n) is 2.29. The molecular formula is C11H11BrN2S. The smallest absolute Gasteiger partial charge is 0.209 e. The van der Waals surface area contributed by atoms with E-state index in [1.54, 1.807) is 0 Å². The minimum atomic E-state index is 0.688. The van der Waals surface area contributed by atoms with Crippen molar-refractivity contribution in [3.63, 3.8) is 0 Å². The molecule has 0 radical (unpaired) electrons. The van der Waals surface area contributed by atoms with Crippen molar-refractivity contribution < 1.29 is 0 Å². The maximum Gasteiger partial charge on any atom is 0.209 e. The van der Waals surface area contributed by atoms with E-state index in [1.807, 2.05) is 0 Å². The van der Waals surface area contributed by atoms with Gasteiger partial charge < -0.3 is 0 Å². The number of hydrogen-bond donors (Lipinski definition) is 0. The van der Waals surface area contributed by atoms with Gasteiger partial charge in [-0.15, -0.1) is 0 Å². The van der Waals surface area contributed by atoms with Crippen LogP contribution >= 0.6 is 27.5 Å². The number of rotatable bonds is 2. The maximum atomic E-state index is 4.30. The third kappa shape index (κ3) is 2.63. The number of nitrogens with zero attached hydrogens (tertiary/aromatic N) is 2. The number of benzene rings is 1. The van der Waals surface area contributed by atoms with Crippen molar-refractivity contribution in [2.75, 3.05) is 0 Å². The highest BCUT2D eigenvalue weighted by atomic mass is 79.9. The molecule has 0 aliphatic rings. The molecule has 0 fully saturated rings. The first-order valence-electron chi connectivity index (χ1n) is 4.69. The SMILES string of the molecule is Cc1ccc(C)c(Cc2nc(Br)ns2)c1. The molecule has 78 valence electrons. The van der Waals surface area contributed by atoms with Gasteiger partial charge in [0.15, 0.2) is 0 Å². The zero-order chi connectivity index (χ0) is 10.8. The molecule has 2 aromatic rings. The number of aryl methyl sites for hydroxylation is 2. The lowest BCUT2D eigenvalue weighted by molar-refractivity contribution is 1.08. The first-order valence-corrected chi connectivity index (χ1v) is 6.26. The van der Waals surface area contributed by atoms with Crippen LogP contribution in [0, 0.1) is 13.8 Å². The summed E-state index contributed by atoms with van der Waals surface area (Å²) in [6.45, 7) is 4.24. The molecule has 0 spiro atoms. The molecule has 0 aliphatic heterocycles. The Morgan fingerprint density at radius 1 is 1.33 bits per heavy atom. The summed E-state index contributed by atoms with van der Waals surface area (Å²) in [6, 6.07) is 6.50. The van der Waals surface area contributed by atoms with Crippen LogP contribution in [0.3, 0.4) is 0 Å². The van der Waals surface area contributed by atoms with Crippen LogP contribution in [0.1, 0.15) is 21.7 Å². The van der Waals surface area contributed by atoms with Gasteiger partial charge in [0.1, 0.15) is 5.01 Å². The van der Waals surface area contributed by atoms with Crippen molar-refractivity contribution in [1.29, 1.82) is 0 Å². The van der Waals surface area contributed by atoms with Gasteiger partial charge in [-0.25, -0.2) is 4.98 Å². The molecule has 0 bridgehead atoms. The molecule has 2 rings (SSSR count). The van der Waals surface area contributed by atoms with Gasteiger partial charge in [0.25, 0.3) is 0 Å². The van der Waals surface area contributed by atoms with Crippen LogP contribution in [0.4, 0.5) is 0 Å². The van der Waals surface area contributed by atoms with Gasteiger partial charge in [-0.1, -0.05) is 23.8 Å². The molecule has 0 saturated heterocycles. The van der Waals surface area contributed by atoms with Crippen LogP contribution in [0.2, 0.25) is 0 Å². The third-order valence-corrected chi connectivity index (χ3v) is 3.59. The molecule has 0 N–H and O–H groups in total. The maximum absolute atomic E-state index is 4.30. The molecule has 0 amide bonds. The fourth-order valence-corrected chi connectivity index (χ4v) is 2.58. The summed E-state index contributed by atoms with van der Waals surface area (Å²) in [4.78, 5) is 4.30. The number of hydrogen-bond acceptors (Lipinski definition) is 3. The van der Waals surface area contributed by atoms with E-state index < -0.39 is 0 Å². The molecule has 15 heavy (non-hydrogen) atoms. The second-order valence-corrected chi connectivity index (χ2v) is 5.11. The topological polar surface area (TPSA) is 25.8 Å². The zero-order valence-electron chi connectivity index (χ0n) is 8.62. The van der Waals surface area contributed by atoms with E-state index in [2.05, 4.69) is 57.3 Å². The minimum Gasteiger partial charge on any atom is -0.214 e. The van der Waals surface area contributed by atoms with Crippen molar-refractivity contribution in [3.8, 4) is 0 Å². The first kappa shape index (κ1) is 10.8. The van der Waals surface area contributed by atoms with Crippen molar-refractivity contribution in [2.45, 2.75) is 20.3 Å². The van der Waals surface area contributed by atoms with Crippen LogP contribution in [0.25, 0.3) is 0 Å². The van der Waals surface area contributed by atoms with E-state index in [1.165, 1.54) is 28.2 Å². The Morgan fingerprint density at radius 3 is 2.80 bits per heavy atom. The minimum absolute atomic E-state index is 0.688. The van der Waals surface area contributed by atoms with Crippen LogP contribution in [-0.4, -0.2) is 9.36 Å². The molecular weight excluding hydrogens is 272 g/mol. The zero-order valence-corrected chi connectivity index (χ0v) is 11.0. The lowest BCUT2D eigenvalue weighted by Crippen LogP contribution is -1.92. The van der Waals surface area contributed by atoms with Gasteiger partial charge in [-0.3, -0.25) is 0 Å². The Hall–Kier alpha value is -0.740. The molecule has 0 saturated carbocycles. The van der Waals surface area contributed by atoms with Crippen LogP contribution in [0.15, 0.2) is 22.9 Å². The Morgan fingerprint density at radius 2 is 2.13 bits per heavy atom. The Balaban J connectivity index is 2.27. The average Bonchev–Trinajstić information content (AvgIpc) is 2.58. The summed E-state index contributed by atoms with van der Waals surface area (Å²) in [7, 11) is 0. The molecule has 1 aromatic carbocycles. The first-order chi connectivity index (χ1) is 7.15. The van der Waals surface area contributed by atoms with Gasteiger partial charge in [0, 0.05) is 6.42 Å². The molecule has 0 unspecified atom stereocenters. The number of aromatic nitrogens is 2. The van der Waals surface area contributed by atoms with E-state index in [9.17, 15) is 0 Å². The fourth-order valence-electron chi connectivity index (χ4n) is 1.46. The normalized spacial score (nSPS) is 10.6. The molecule has 2 nitrogen and oxygen atoms in total. The second kappa shape index (κ2) is 4.41. The second-order valence-electron chi connectivity index (χ2n) is 3.56. The largest absolute Gasteiger partial charge is 0.214 e. The Labute approximate surface area is 102 Å². The summed E-state index contributed by atoms with van der Waals surface area (Å²) in [5.74, 6) is 0. The Kier molecular flexibility index (Phi) is 3.17. The van der Waals surface area contributed by atoms with Gasteiger partial charge in [0.2, 0.25) is 4.73 Å². The van der Waals surface area contributed by atoms with Crippen molar-refractivity contribution in [2.24, 2.45) is 0 Å². The van der Waals surface area contributed by atoms with E-state index in [4.69, 9.17) is 0 Å². The highest BCUT2D eigenvalue weighted by Gasteiger charge is 2.05. The van der Waals surface area contributed by atoms with E-state index in [-0.39, 0.29) is 0 Å². The lowest BCUT2D eigenvalue weighted by atomic mass is 10.0. The molecule has 0 aliphatic carbocycles. The quantitative estimate of drug-likeness (QED) is 0.843. The number of halogens is 1. The summed E-state index contributed by atoms with van der Waals surface area (Å²) >= 11 is 4.72. The van der Waals surface area contributed by atoms with E-state index in [0.717, 1.165) is 11.4 Å². The van der Waals surface area contributed by atoms with Crippen molar-refractivity contribution in [1.82, 2.24) is 9.36 Å². The van der Waals surface area contributed by atoms with Crippen LogP contribution in [-0.2, 0) is 6.42 Å². The highest BCUT2D eigenvalue weighted by Crippen LogP contribution is 2.18. The average molecular weight is 283 g/mol. The van der Waals surface area contributed by atoms with Gasteiger partial charge in [-0.2, -0.15) is 4.37 Å². The fraction of sp³-hybridized carbons (Fsp3) is 0.273. The van der Waals surface area contributed by atoms with Crippen molar-refractivity contribution in [3.05, 3.63) is 44.6 Å². The summed E-state index contributed by atoms with van der Waals surface area (Å²) < 4.78 is 4.80. The predicted octanol–water partition coefficient (Wildman–Crippen LogP) is 3.51. The van der Waals surface area contributed by atoms with E-state index >= 15 is 0 Å². The highest BCUT2D eigenvalue weighted by molar-refractivity contribution is 9.10. The van der Waals surface area contributed by atoms with Crippen LogP contribution in [0.5, 0.6) is 0 Å². The van der Waals surface area contributed by atoms with Gasteiger partial charge in [0.05, 0.1) is 0 Å². The van der Waals surface area contributed by atoms with Crippen LogP contribution < -0.4 is 0 Å². The van der Waals surface area contributed by atoms with Crippen molar-refractivity contribution >= 4 is 27.5 Å². The summed E-state index contributed by atoms with van der Waals surface area (Å²) in [6.07, 6.45) is 0.872. The Bertz CT molecular complexity index is 479. The monoisotopic (exact) mass is 282 g/mol. The lowest BCUT2D eigenvalue weighted by Gasteiger charge is -2.04. The van der Waals surface area contributed by atoms with E-state index in [0.29, 0.717) is 4.73 Å². The molecule has 1 heterocycles. The van der Waals surface area contributed by atoms with Gasteiger partial charge >= 0.3 is 0 Å². The van der Waals surface area contributed by atoms with Gasteiger partial charge in [-0.05, 0) is 52.4 Å². The standard InChI is InChI=1S/C11H11BrN2S/c1-7-3-4-8(2)9(5-7)6-10-13-11(12)14-15-10/h3-5H,6H2,1-2H3. The summed E-state index contributed by atoms with van der Waals surface area (Å²) in [5.41, 5.74) is 3.93. The summed E-state index contributed by atoms with van der Waals surface area (Å²) in [5, 5.41) is 1.05. The molecule has 0 atom stereocenters. The predicted molar refractivity (Wildman–Crippen MR) is 66.3 cm³/mol. The molecule has 1 aromatic heterocycles.